The third-order valence-electron chi connectivity index (χ3n) is 3.98. The molecule has 0 saturated carbocycles. The molecule has 1 saturated heterocycles. The van der Waals surface area contributed by atoms with Crippen molar-refractivity contribution in [3.05, 3.63) is 0 Å². The molecule has 0 aromatic heterocycles. The van der Waals surface area contributed by atoms with Crippen LogP contribution in [0.4, 0.5) is 0 Å². The van der Waals surface area contributed by atoms with Gasteiger partial charge in [0.2, 0.25) is 11.8 Å². The van der Waals surface area contributed by atoms with Crippen molar-refractivity contribution in [2.24, 2.45) is 5.92 Å². The van der Waals surface area contributed by atoms with E-state index < -0.39 is 0 Å². The molecule has 1 aliphatic heterocycles. The second-order valence-corrected chi connectivity index (χ2v) is 7.02. The van der Waals surface area contributed by atoms with E-state index in [-0.39, 0.29) is 41.1 Å². The van der Waals surface area contributed by atoms with Gasteiger partial charge >= 0.3 is 0 Å². The highest BCUT2D eigenvalue weighted by Crippen LogP contribution is 2.31. The summed E-state index contributed by atoms with van der Waals surface area (Å²) in [7, 11) is 1.50. The van der Waals surface area contributed by atoms with E-state index in [1.165, 1.54) is 12.2 Å². The quantitative estimate of drug-likeness (QED) is 0.532. The first kappa shape index (κ1) is 17.3. The third kappa shape index (κ3) is 3.65. The van der Waals surface area contributed by atoms with E-state index >= 15 is 0 Å². The molecule has 1 heterocycles. The highest BCUT2D eigenvalue weighted by Gasteiger charge is 2.43. The van der Waals surface area contributed by atoms with Crippen molar-refractivity contribution >= 4 is 36.5 Å². The van der Waals surface area contributed by atoms with Gasteiger partial charge in [-0.25, -0.2) is 0 Å². The van der Waals surface area contributed by atoms with Crippen molar-refractivity contribution in [2.75, 3.05) is 0 Å². The van der Waals surface area contributed by atoms with Crippen LogP contribution < -0.4 is 0 Å². The van der Waals surface area contributed by atoms with E-state index in [4.69, 9.17) is 0 Å². The molecule has 0 bridgehead atoms. The lowest BCUT2D eigenvalue weighted by molar-refractivity contribution is -0.142. The number of thioether (sulfide) groups is 1. The van der Waals surface area contributed by atoms with Gasteiger partial charge in [-0.3, -0.25) is 14.5 Å². The average Bonchev–Trinajstić information content (AvgIpc) is 2.70. The molecular weight excluding hydrogens is 273 g/mol. The van der Waals surface area contributed by atoms with Crippen LogP contribution in [0.1, 0.15) is 40.5 Å². The summed E-state index contributed by atoms with van der Waals surface area (Å²) >= 11 is 1.56. The zero-order valence-electron chi connectivity index (χ0n) is 12.9. The molecule has 4 atom stereocenters. The highest BCUT2D eigenvalue weighted by atomic mass is 32.2. The smallest absolute Gasteiger partial charge is 0.243 e. The lowest BCUT2D eigenvalue weighted by Crippen LogP contribution is -2.45. The van der Waals surface area contributed by atoms with Crippen LogP contribution in [0, 0.1) is 5.92 Å². The first-order valence-electron chi connectivity index (χ1n) is 7.18. The number of nitrogens with zero attached hydrogens (tertiary/aromatic N) is 1. The second kappa shape index (κ2) is 7.30. The Bertz CT molecular complexity index is 402. The van der Waals surface area contributed by atoms with E-state index in [0.29, 0.717) is 5.25 Å². The Morgan fingerprint density at radius 1 is 1.40 bits per heavy atom. The molecule has 6 heteroatoms. The number of hydrogen-bond donors (Lipinski definition) is 0. The molecule has 20 heavy (non-hydrogen) atoms. The minimum atomic E-state index is -0.374. The first-order valence-corrected chi connectivity index (χ1v) is 8.12. The van der Waals surface area contributed by atoms with Gasteiger partial charge in [0.1, 0.15) is 0 Å². The Labute approximate surface area is 126 Å². The summed E-state index contributed by atoms with van der Waals surface area (Å²) in [5.74, 6) is -0.636. The van der Waals surface area contributed by atoms with Crippen LogP contribution in [0.25, 0.3) is 0 Å². The zero-order chi connectivity index (χ0) is 15.4. The van der Waals surface area contributed by atoms with Gasteiger partial charge in [-0.05, 0) is 13.3 Å². The van der Waals surface area contributed by atoms with Crippen LogP contribution in [0.15, 0.2) is 0 Å². The molecule has 0 aromatic carbocycles. The third-order valence-corrected chi connectivity index (χ3v) is 5.47. The second-order valence-electron chi connectivity index (χ2n) is 5.37. The van der Waals surface area contributed by atoms with Gasteiger partial charge in [-0.1, -0.05) is 27.6 Å². The van der Waals surface area contributed by atoms with Crippen molar-refractivity contribution in [3.8, 4) is 0 Å². The van der Waals surface area contributed by atoms with Gasteiger partial charge in [0, 0.05) is 23.6 Å². The topological polar surface area (TPSA) is 54.5 Å². The fraction of sp³-hybridized carbons (Fsp3) is 0.786. The summed E-state index contributed by atoms with van der Waals surface area (Å²) in [6, 6.07) is -0.374. The summed E-state index contributed by atoms with van der Waals surface area (Å²) in [6.45, 7) is 9.35. The predicted octanol–water partition coefficient (Wildman–Crippen LogP) is 1.95. The molecule has 1 aliphatic rings. The minimum Gasteiger partial charge on any atom is -0.312 e. The average molecular weight is 296 g/mol. The summed E-state index contributed by atoms with van der Waals surface area (Å²) in [6.07, 6.45) is 1.23. The van der Waals surface area contributed by atoms with E-state index in [2.05, 4.69) is 13.8 Å². The maximum absolute atomic E-state index is 12.4. The zero-order valence-corrected chi connectivity index (χ0v) is 13.7. The molecule has 4 nitrogen and oxygen atoms in total. The van der Waals surface area contributed by atoms with Gasteiger partial charge in [-0.15, -0.1) is 11.8 Å². The van der Waals surface area contributed by atoms with Gasteiger partial charge in [0.15, 0.2) is 7.28 Å². The van der Waals surface area contributed by atoms with E-state index in [1.807, 2.05) is 0 Å². The van der Waals surface area contributed by atoms with Crippen molar-refractivity contribution in [3.63, 3.8) is 0 Å². The molecule has 0 spiro atoms. The van der Waals surface area contributed by atoms with E-state index in [1.54, 1.807) is 32.4 Å². The number of rotatable bonds is 7. The van der Waals surface area contributed by atoms with Crippen molar-refractivity contribution in [1.29, 1.82) is 0 Å². The maximum atomic E-state index is 12.4. The monoisotopic (exact) mass is 296 g/mol. The fourth-order valence-corrected chi connectivity index (χ4v) is 3.48. The van der Waals surface area contributed by atoms with Gasteiger partial charge < -0.3 is 4.79 Å². The van der Waals surface area contributed by atoms with Gasteiger partial charge in [-0.2, -0.15) is 0 Å². The van der Waals surface area contributed by atoms with Crippen LogP contribution in [-0.2, 0) is 14.4 Å². The Hall–Kier alpha value is -0.775. The maximum Gasteiger partial charge on any atom is 0.243 e. The Balaban J connectivity index is 2.78. The standard InChI is InChI=1S/C14H23BNO3S/c1-6-8(2)20-11-7-12(17)16(14(11)19)10(4)9(3)13(18)15-5/h8-11H,6-7H2,1-5H3. The Morgan fingerprint density at radius 2 is 2.00 bits per heavy atom. The number of amides is 2. The van der Waals surface area contributed by atoms with Crippen LogP contribution in [-0.4, -0.2) is 46.2 Å². The molecule has 0 N–H and O–H groups in total. The summed E-state index contributed by atoms with van der Waals surface area (Å²) in [5, 5.41) is 0.0721. The van der Waals surface area contributed by atoms with Crippen molar-refractivity contribution < 1.29 is 14.4 Å². The predicted molar refractivity (Wildman–Crippen MR) is 82.9 cm³/mol. The van der Waals surface area contributed by atoms with Gasteiger partial charge in [0.05, 0.1) is 10.9 Å². The summed E-state index contributed by atoms with van der Waals surface area (Å²) < 4.78 is 0. The number of carbonyl (C=O) groups excluding carboxylic acids is 3. The molecule has 4 unspecified atom stereocenters. The summed E-state index contributed by atoms with van der Waals surface area (Å²) in [4.78, 5) is 37.5. The van der Waals surface area contributed by atoms with Crippen molar-refractivity contribution in [2.45, 2.75) is 63.9 Å². The van der Waals surface area contributed by atoms with Crippen LogP contribution in [0.3, 0.4) is 0 Å². The Morgan fingerprint density at radius 3 is 2.50 bits per heavy atom. The fourth-order valence-electron chi connectivity index (χ4n) is 2.26. The minimum absolute atomic E-state index is 0.0314. The number of carbonyl (C=O) groups is 3. The highest BCUT2D eigenvalue weighted by molar-refractivity contribution is 8.01. The van der Waals surface area contributed by atoms with E-state index in [0.717, 1.165) is 6.42 Å². The largest absolute Gasteiger partial charge is 0.312 e. The molecule has 0 aliphatic carbocycles. The van der Waals surface area contributed by atoms with Crippen LogP contribution in [0.5, 0.6) is 0 Å². The molecular formula is C14H23BNO3S. The Kier molecular flexibility index (Phi) is 6.30. The van der Waals surface area contributed by atoms with Gasteiger partial charge in [0.25, 0.3) is 0 Å². The molecule has 2 amide bonds. The molecule has 111 valence electrons. The van der Waals surface area contributed by atoms with E-state index in [9.17, 15) is 14.4 Å². The molecule has 0 aromatic rings. The normalized spacial score (nSPS) is 23.6. The van der Waals surface area contributed by atoms with Crippen molar-refractivity contribution in [1.82, 2.24) is 4.90 Å². The molecule has 1 fully saturated rings. The first-order chi connectivity index (χ1) is 9.33. The lowest BCUT2D eigenvalue weighted by Gasteiger charge is -2.27. The van der Waals surface area contributed by atoms with Crippen LogP contribution >= 0.6 is 11.8 Å². The number of hydrogen-bond acceptors (Lipinski definition) is 4. The number of likely N-dealkylation sites (tertiary alicyclic amines) is 1. The summed E-state index contributed by atoms with van der Waals surface area (Å²) in [5.41, 5.74) is -0.0314. The molecule has 1 rings (SSSR count). The lowest BCUT2D eigenvalue weighted by atomic mass is 9.69. The SMILES string of the molecule is C[B]C(=O)C(C)C(C)N1C(=O)CC(SC(C)CC)C1=O. The molecule has 1 radical (unpaired) electrons. The van der Waals surface area contributed by atoms with Crippen LogP contribution in [0.2, 0.25) is 6.82 Å². The number of imide groups is 1.